The number of aromatic nitrogens is 2. The van der Waals surface area contributed by atoms with E-state index in [1.165, 1.54) is 11.6 Å². The summed E-state index contributed by atoms with van der Waals surface area (Å²) in [7, 11) is 0. The van der Waals surface area contributed by atoms with Crippen molar-refractivity contribution in [3.63, 3.8) is 0 Å². The lowest BCUT2D eigenvalue weighted by atomic mass is 9.90. The highest BCUT2D eigenvalue weighted by atomic mass is 16.4. The molecule has 24 heavy (non-hydrogen) atoms. The third-order valence-electron chi connectivity index (χ3n) is 4.09. The zero-order chi connectivity index (χ0) is 16.8. The first-order valence-corrected chi connectivity index (χ1v) is 7.91. The van der Waals surface area contributed by atoms with E-state index in [4.69, 9.17) is 5.11 Å². The highest BCUT2D eigenvalue weighted by Crippen LogP contribution is 2.25. The molecule has 2 aromatic rings. The molecule has 6 nitrogen and oxygen atoms in total. The van der Waals surface area contributed by atoms with E-state index in [2.05, 4.69) is 44.9 Å². The quantitative estimate of drug-likeness (QED) is 0.704. The molecule has 0 saturated carbocycles. The van der Waals surface area contributed by atoms with E-state index in [0.29, 0.717) is 11.5 Å². The molecule has 124 valence electrons. The Morgan fingerprint density at radius 3 is 2.75 bits per heavy atom. The molecule has 1 fully saturated rings. The molecule has 0 bridgehead atoms. The molecule has 1 aromatic heterocycles. The van der Waals surface area contributed by atoms with Crippen molar-refractivity contribution in [1.29, 1.82) is 0 Å². The normalized spacial score (nSPS) is 20.3. The maximum atomic E-state index is 10.5. The molecule has 0 radical (unpaired) electrons. The standard InChI is InChI=1S/C18H20N4O2/c23-17(24)7-6-15-11-21-16(12-20-15)22-18(8-9-19-13-18)10-14-4-2-1-3-5-14/h1-7,11-12,19H,8-10,13H2,(H,21,22)(H,23,24)/b7-6+/t18-/m0/s1. The summed E-state index contributed by atoms with van der Waals surface area (Å²) in [5.74, 6) is -0.306. The van der Waals surface area contributed by atoms with Crippen LogP contribution in [0.3, 0.4) is 0 Å². The van der Waals surface area contributed by atoms with Crippen LogP contribution in [-0.4, -0.2) is 39.7 Å². The molecule has 1 aliphatic rings. The van der Waals surface area contributed by atoms with Gasteiger partial charge in [-0.15, -0.1) is 0 Å². The third-order valence-corrected chi connectivity index (χ3v) is 4.09. The van der Waals surface area contributed by atoms with Gasteiger partial charge in [0, 0.05) is 12.6 Å². The van der Waals surface area contributed by atoms with E-state index in [1.807, 2.05) is 6.07 Å². The summed E-state index contributed by atoms with van der Waals surface area (Å²) < 4.78 is 0. The van der Waals surface area contributed by atoms with Crippen LogP contribution < -0.4 is 10.6 Å². The Bertz CT molecular complexity index is 708. The molecule has 1 aliphatic heterocycles. The van der Waals surface area contributed by atoms with Gasteiger partial charge in [0.2, 0.25) is 0 Å². The van der Waals surface area contributed by atoms with Crippen molar-refractivity contribution >= 4 is 17.9 Å². The van der Waals surface area contributed by atoms with Crippen LogP contribution in [0.15, 0.2) is 48.8 Å². The average molecular weight is 324 g/mol. The van der Waals surface area contributed by atoms with Crippen LogP contribution in [0, 0.1) is 0 Å². The van der Waals surface area contributed by atoms with Gasteiger partial charge in [0.05, 0.1) is 23.6 Å². The smallest absolute Gasteiger partial charge is 0.328 e. The van der Waals surface area contributed by atoms with Gasteiger partial charge >= 0.3 is 5.97 Å². The number of nitrogens with zero attached hydrogens (tertiary/aromatic N) is 2. The van der Waals surface area contributed by atoms with Gasteiger partial charge in [0.15, 0.2) is 0 Å². The van der Waals surface area contributed by atoms with Gasteiger partial charge in [-0.25, -0.2) is 9.78 Å². The van der Waals surface area contributed by atoms with Gasteiger partial charge in [0.1, 0.15) is 5.82 Å². The summed E-state index contributed by atoms with van der Waals surface area (Å²) >= 11 is 0. The Labute approximate surface area is 140 Å². The number of carboxylic acids is 1. The molecule has 3 N–H and O–H groups in total. The molecule has 1 atom stereocenters. The SMILES string of the molecule is O=C(O)/C=C/c1cnc(N[C@]2(Cc3ccccc3)CCNC2)cn1. The molecular formula is C18H20N4O2. The number of nitrogens with one attached hydrogen (secondary N) is 2. The topological polar surface area (TPSA) is 87.1 Å². The van der Waals surface area contributed by atoms with Crippen molar-refractivity contribution in [2.75, 3.05) is 18.4 Å². The third kappa shape index (κ3) is 4.17. The van der Waals surface area contributed by atoms with Crippen LogP contribution in [0.5, 0.6) is 0 Å². The van der Waals surface area contributed by atoms with E-state index in [9.17, 15) is 4.79 Å². The van der Waals surface area contributed by atoms with Crippen LogP contribution in [0.1, 0.15) is 17.7 Å². The second-order valence-corrected chi connectivity index (χ2v) is 5.99. The second-order valence-electron chi connectivity index (χ2n) is 5.99. The lowest BCUT2D eigenvalue weighted by Crippen LogP contribution is -2.43. The summed E-state index contributed by atoms with van der Waals surface area (Å²) in [5.41, 5.74) is 1.71. The minimum absolute atomic E-state index is 0.0888. The summed E-state index contributed by atoms with van der Waals surface area (Å²) in [5, 5.41) is 15.6. The van der Waals surface area contributed by atoms with Gasteiger partial charge in [-0.05, 0) is 31.0 Å². The van der Waals surface area contributed by atoms with Crippen molar-refractivity contribution < 1.29 is 9.90 Å². The maximum Gasteiger partial charge on any atom is 0.328 e. The molecular weight excluding hydrogens is 304 g/mol. The van der Waals surface area contributed by atoms with Crippen LogP contribution in [0.25, 0.3) is 6.08 Å². The zero-order valence-corrected chi connectivity index (χ0v) is 13.3. The van der Waals surface area contributed by atoms with Gasteiger partial charge in [-0.1, -0.05) is 30.3 Å². The number of carbonyl (C=O) groups is 1. The van der Waals surface area contributed by atoms with Crippen LogP contribution in [-0.2, 0) is 11.2 Å². The lowest BCUT2D eigenvalue weighted by molar-refractivity contribution is -0.131. The van der Waals surface area contributed by atoms with Crippen molar-refractivity contribution in [3.05, 3.63) is 60.1 Å². The Hall–Kier alpha value is -2.73. The predicted molar refractivity (Wildman–Crippen MR) is 92.7 cm³/mol. The molecule has 2 heterocycles. The second kappa shape index (κ2) is 7.23. The van der Waals surface area contributed by atoms with Gasteiger partial charge in [-0.2, -0.15) is 0 Å². The van der Waals surface area contributed by atoms with Crippen molar-refractivity contribution in [3.8, 4) is 0 Å². The lowest BCUT2D eigenvalue weighted by Gasteiger charge is -2.30. The number of carboxylic acid groups (broad SMARTS) is 1. The summed E-state index contributed by atoms with van der Waals surface area (Å²) in [6, 6.07) is 10.4. The number of rotatable bonds is 6. The molecule has 0 unspecified atom stereocenters. The van der Waals surface area contributed by atoms with Crippen molar-refractivity contribution in [2.45, 2.75) is 18.4 Å². The summed E-state index contributed by atoms with van der Waals surface area (Å²) in [6.07, 6.45) is 7.60. The monoisotopic (exact) mass is 324 g/mol. The highest BCUT2D eigenvalue weighted by molar-refractivity contribution is 5.84. The summed E-state index contributed by atoms with van der Waals surface area (Å²) in [4.78, 5) is 19.1. The molecule has 1 saturated heterocycles. The van der Waals surface area contributed by atoms with E-state index in [1.54, 1.807) is 12.4 Å². The number of aliphatic carboxylic acids is 1. The summed E-state index contributed by atoms with van der Waals surface area (Å²) in [6.45, 7) is 1.83. The molecule has 0 aliphatic carbocycles. The van der Waals surface area contributed by atoms with Gasteiger partial charge in [0.25, 0.3) is 0 Å². The number of hydrogen-bond acceptors (Lipinski definition) is 5. The van der Waals surface area contributed by atoms with Gasteiger partial charge < -0.3 is 15.7 Å². The molecule has 1 aromatic carbocycles. The van der Waals surface area contributed by atoms with Crippen LogP contribution in [0.2, 0.25) is 0 Å². The predicted octanol–water partition coefficient (Wildman–Crippen LogP) is 1.96. The molecule has 6 heteroatoms. The first-order valence-electron chi connectivity index (χ1n) is 7.91. The number of hydrogen-bond donors (Lipinski definition) is 3. The first kappa shape index (κ1) is 16.1. The van der Waals surface area contributed by atoms with E-state index in [-0.39, 0.29) is 5.54 Å². The number of benzene rings is 1. The fraction of sp³-hybridized carbons (Fsp3) is 0.278. The van der Waals surface area contributed by atoms with Crippen molar-refractivity contribution in [2.24, 2.45) is 0 Å². The zero-order valence-electron chi connectivity index (χ0n) is 13.3. The Kier molecular flexibility index (Phi) is 4.86. The van der Waals surface area contributed by atoms with Crippen molar-refractivity contribution in [1.82, 2.24) is 15.3 Å². The largest absolute Gasteiger partial charge is 0.478 e. The Morgan fingerprint density at radius 1 is 1.29 bits per heavy atom. The van der Waals surface area contributed by atoms with E-state index >= 15 is 0 Å². The fourth-order valence-electron chi connectivity index (χ4n) is 2.95. The van der Waals surface area contributed by atoms with Gasteiger partial charge in [-0.3, -0.25) is 4.98 Å². The highest BCUT2D eigenvalue weighted by Gasteiger charge is 2.34. The molecule has 0 amide bonds. The molecule has 0 spiro atoms. The first-order chi connectivity index (χ1) is 11.7. The van der Waals surface area contributed by atoms with E-state index in [0.717, 1.165) is 32.0 Å². The van der Waals surface area contributed by atoms with Crippen LogP contribution in [0.4, 0.5) is 5.82 Å². The minimum Gasteiger partial charge on any atom is -0.478 e. The molecule has 3 rings (SSSR count). The Balaban J connectivity index is 1.73. The Morgan fingerprint density at radius 2 is 2.12 bits per heavy atom. The fourth-order valence-corrected chi connectivity index (χ4v) is 2.95. The minimum atomic E-state index is -1.00. The van der Waals surface area contributed by atoms with Crippen LogP contribution >= 0.6 is 0 Å². The van der Waals surface area contributed by atoms with E-state index < -0.39 is 5.97 Å². The average Bonchev–Trinajstić information content (AvgIpc) is 3.03. The number of anilines is 1. The maximum absolute atomic E-state index is 10.5.